The van der Waals surface area contributed by atoms with Crippen molar-refractivity contribution in [2.24, 2.45) is 0 Å². The highest BCUT2D eigenvalue weighted by molar-refractivity contribution is 8.01. The van der Waals surface area contributed by atoms with Gasteiger partial charge in [-0.3, -0.25) is 0 Å². The fourth-order valence-corrected chi connectivity index (χ4v) is 1.26. The molecular formula is C9H18O2S. The zero-order chi connectivity index (χ0) is 9.40. The van der Waals surface area contributed by atoms with E-state index in [1.165, 1.54) is 0 Å². The van der Waals surface area contributed by atoms with Crippen molar-refractivity contribution in [2.75, 3.05) is 12.9 Å². The second-order valence-corrected chi connectivity index (χ2v) is 3.39. The SMILES string of the molecule is CCCC(=CSC)OC(C)CO. The third-order valence-electron chi connectivity index (χ3n) is 1.36. The summed E-state index contributed by atoms with van der Waals surface area (Å²) < 4.78 is 5.47. The lowest BCUT2D eigenvalue weighted by atomic mass is 10.3. The van der Waals surface area contributed by atoms with E-state index in [2.05, 4.69) is 6.92 Å². The molecule has 0 aromatic rings. The lowest BCUT2D eigenvalue weighted by Crippen LogP contribution is -2.12. The van der Waals surface area contributed by atoms with Crippen molar-refractivity contribution < 1.29 is 9.84 Å². The van der Waals surface area contributed by atoms with Gasteiger partial charge < -0.3 is 9.84 Å². The molecule has 1 unspecified atom stereocenters. The van der Waals surface area contributed by atoms with Crippen LogP contribution in [-0.4, -0.2) is 24.1 Å². The zero-order valence-corrected chi connectivity index (χ0v) is 8.86. The van der Waals surface area contributed by atoms with Gasteiger partial charge in [-0.1, -0.05) is 6.92 Å². The summed E-state index contributed by atoms with van der Waals surface area (Å²) in [4.78, 5) is 0. The minimum Gasteiger partial charge on any atom is -0.492 e. The van der Waals surface area contributed by atoms with E-state index >= 15 is 0 Å². The van der Waals surface area contributed by atoms with E-state index in [-0.39, 0.29) is 12.7 Å². The van der Waals surface area contributed by atoms with Crippen LogP contribution in [0.1, 0.15) is 26.7 Å². The third-order valence-corrected chi connectivity index (χ3v) is 1.85. The molecule has 1 N–H and O–H groups in total. The molecule has 0 aliphatic heterocycles. The molecule has 0 saturated heterocycles. The van der Waals surface area contributed by atoms with Crippen LogP contribution >= 0.6 is 11.8 Å². The van der Waals surface area contributed by atoms with E-state index in [4.69, 9.17) is 9.84 Å². The Balaban J connectivity index is 3.86. The average molecular weight is 190 g/mol. The van der Waals surface area contributed by atoms with Gasteiger partial charge in [0.2, 0.25) is 0 Å². The summed E-state index contributed by atoms with van der Waals surface area (Å²) in [5.41, 5.74) is 0. The minimum atomic E-state index is -0.0880. The maximum atomic E-state index is 8.76. The molecule has 0 aromatic carbocycles. The highest BCUT2D eigenvalue weighted by Crippen LogP contribution is 2.13. The summed E-state index contributed by atoms with van der Waals surface area (Å²) in [6.45, 7) is 4.06. The molecule has 72 valence electrons. The minimum absolute atomic E-state index is 0.0788. The van der Waals surface area contributed by atoms with E-state index in [0.717, 1.165) is 18.6 Å². The molecule has 3 heteroatoms. The fraction of sp³-hybridized carbons (Fsp3) is 0.778. The van der Waals surface area contributed by atoms with Crippen molar-refractivity contribution in [3.8, 4) is 0 Å². The van der Waals surface area contributed by atoms with Crippen molar-refractivity contribution in [2.45, 2.75) is 32.8 Å². The summed E-state index contributed by atoms with van der Waals surface area (Å²) in [7, 11) is 0. The normalized spacial score (nSPS) is 14.5. The van der Waals surface area contributed by atoms with Crippen molar-refractivity contribution >= 4 is 11.8 Å². The lowest BCUT2D eigenvalue weighted by molar-refractivity contribution is 0.0680. The Kier molecular flexibility index (Phi) is 7.40. The van der Waals surface area contributed by atoms with E-state index < -0.39 is 0 Å². The molecule has 1 atom stereocenters. The van der Waals surface area contributed by atoms with Crippen LogP contribution in [0.3, 0.4) is 0 Å². The van der Waals surface area contributed by atoms with Gasteiger partial charge in [-0.25, -0.2) is 0 Å². The maximum absolute atomic E-state index is 8.76. The molecule has 0 aliphatic rings. The number of ether oxygens (including phenoxy) is 1. The summed E-state index contributed by atoms with van der Waals surface area (Å²) in [5, 5.41) is 10.8. The first kappa shape index (κ1) is 11.8. The summed E-state index contributed by atoms with van der Waals surface area (Å²) in [6, 6.07) is 0. The molecular weight excluding hydrogens is 172 g/mol. The molecule has 0 heterocycles. The number of aliphatic hydroxyl groups is 1. The van der Waals surface area contributed by atoms with Crippen molar-refractivity contribution in [1.82, 2.24) is 0 Å². The molecule has 0 aromatic heterocycles. The molecule has 0 radical (unpaired) electrons. The first-order valence-corrected chi connectivity index (χ1v) is 5.52. The van der Waals surface area contributed by atoms with Gasteiger partial charge in [0.05, 0.1) is 6.61 Å². The number of rotatable bonds is 6. The van der Waals surface area contributed by atoms with Crippen LogP contribution < -0.4 is 0 Å². The molecule has 0 aliphatic carbocycles. The number of hydrogen-bond acceptors (Lipinski definition) is 3. The Morgan fingerprint density at radius 1 is 1.67 bits per heavy atom. The van der Waals surface area contributed by atoms with Crippen molar-refractivity contribution in [3.63, 3.8) is 0 Å². The molecule has 0 amide bonds. The van der Waals surface area contributed by atoms with Crippen LogP contribution in [0.5, 0.6) is 0 Å². The van der Waals surface area contributed by atoms with Crippen LogP contribution in [0.2, 0.25) is 0 Å². The molecule has 0 fully saturated rings. The number of thioether (sulfide) groups is 1. The second-order valence-electron chi connectivity index (χ2n) is 2.68. The van der Waals surface area contributed by atoms with Gasteiger partial charge in [0.15, 0.2) is 0 Å². The van der Waals surface area contributed by atoms with Crippen LogP contribution in [0.15, 0.2) is 11.2 Å². The molecule has 0 spiro atoms. The quantitative estimate of drug-likeness (QED) is 0.652. The van der Waals surface area contributed by atoms with Gasteiger partial charge in [0, 0.05) is 11.8 Å². The number of allylic oxidation sites excluding steroid dienone is 1. The highest BCUT2D eigenvalue weighted by Gasteiger charge is 2.03. The standard InChI is InChI=1S/C9H18O2S/c1-4-5-9(7-12-3)11-8(2)6-10/h7-8,10H,4-6H2,1-3H3. The summed E-state index contributed by atoms with van der Waals surface area (Å²) in [6.07, 6.45) is 3.94. The highest BCUT2D eigenvalue weighted by atomic mass is 32.2. The molecule has 12 heavy (non-hydrogen) atoms. The molecule has 0 saturated carbocycles. The second kappa shape index (κ2) is 7.50. The Bertz CT molecular complexity index is 134. The van der Waals surface area contributed by atoms with Gasteiger partial charge in [-0.05, 0) is 19.6 Å². The van der Waals surface area contributed by atoms with E-state index in [1.54, 1.807) is 11.8 Å². The van der Waals surface area contributed by atoms with Gasteiger partial charge in [0.25, 0.3) is 0 Å². The van der Waals surface area contributed by atoms with Gasteiger partial charge >= 0.3 is 0 Å². The molecule has 0 bridgehead atoms. The first-order chi connectivity index (χ1) is 5.74. The van der Waals surface area contributed by atoms with Gasteiger partial charge in [-0.2, -0.15) is 0 Å². The summed E-state index contributed by atoms with van der Waals surface area (Å²) in [5.74, 6) is 0.978. The van der Waals surface area contributed by atoms with Crippen molar-refractivity contribution in [3.05, 3.63) is 11.2 Å². The van der Waals surface area contributed by atoms with E-state index in [1.807, 2.05) is 18.6 Å². The summed E-state index contributed by atoms with van der Waals surface area (Å²) >= 11 is 1.63. The smallest absolute Gasteiger partial charge is 0.118 e. The Morgan fingerprint density at radius 2 is 2.33 bits per heavy atom. The van der Waals surface area contributed by atoms with Gasteiger partial charge in [-0.15, -0.1) is 11.8 Å². The zero-order valence-electron chi connectivity index (χ0n) is 8.04. The fourth-order valence-electron chi connectivity index (χ4n) is 0.819. The van der Waals surface area contributed by atoms with Crippen LogP contribution in [0.4, 0.5) is 0 Å². The van der Waals surface area contributed by atoms with E-state index in [0.29, 0.717) is 0 Å². The monoisotopic (exact) mass is 190 g/mol. The Morgan fingerprint density at radius 3 is 2.75 bits per heavy atom. The average Bonchev–Trinajstić information content (AvgIpc) is 2.05. The van der Waals surface area contributed by atoms with Crippen LogP contribution in [-0.2, 0) is 4.74 Å². The van der Waals surface area contributed by atoms with Gasteiger partial charge in [0.1, 0.15) is 11.9 Å². The van der Waals surface area contributed by atoms with E-state index in [9.17, 15) is 0 Å². The number of aliphatic hydroxyl groups excluding tert-OH is 1. The van der Waals surface area contributed by atoms with Crippen molar-refractivity contribution in [1.29, 1.82) is 0 Å². The van der Waals surface area contributed by atoms with Crippen LogP contribution in [0, 0.1) is 0 Å². The first-order valence-electron chi connectivity index (χ1n) is 4.23. The Labute approximate surface area is 79.0 Å². The number of hydrogen-bond donors (Lipinski definition) is 1. The third kappa shape index (κ3) is 5.49. The topological polar surface area (TPSA) is 29.5 Å². The molecule has 2 nitrogen and oxygen atoms in total. The predicted molar refractivity (Wildman–Crippen MR) is 54.1 cm³/mol. The molecule has 0 rings (SSSR count). The predicted octanol–water partition coefficient (Wildman–Crippen LogP) is 2.39. The van der Waals surface area contributed by atoms with Crippen LogP contribution in [0.25, 0.3) is 0 Å². The Hall–Kier alpha value is -0.150. The largest absolute Gasteiger partial charge is 0.492 e. The lowest BCUT2D eigenvalue weighted by Gasteiger charge is -2.14. The maximum Gasteiger partial charge on any atom is 0.118 e.